The number of hydrogen-bond acceptors (Lipinski definition) is 4. The summed E-state index contributed by atoms with van der Waals surface area (Å²) >= 11 is 0. The first-order chi connectivity index (χ1) is 7.04. The molecule has 2 N–H and O–H groups in total. The van der Waals surface area contributed by atoms with Crippen molar-refractivity contribution in [2.24, 2.45) is 0 Å². The SMILES string of the molecule is COCC1=CS(=O)(=O)c2cc(N)ccc21. The summed E-state index contributed by atoms with van der Waals surface area (Å²) in [6, 6.07) is 4.87. The Balaban J connectivity index is 2.62. The Hall–Kier alpha value is -1.33. The minimum Gasteiger partial charge on any atom is -0.399 e. The Bertz CT molecular complexity index is 532. The Morgan fingerprint density at radius 2 is 2.13 bits per heavy atom. The first-order valence-corrected chi connectivity index (χ1v) is 5.94. The molecule has 0 radical (unpaired) electrons. The molecule has 0 atom stereocenters. The number of anilines is 1. The van der Waals surface area contributed by atoms with Crippen molar-refractivity contribution in [3.8, 4) is 0 Å². The van der Waals surface area contributed by atoms with Gasteiger partial charge in [-0.1, -0.05) is 6.07 Å². The van der Waals surface area contributed by atoms with E-state index in [4.69, 9.17) is 10.5 Å². The molecule has 2 rings (SSSR count). The topological polar surface area (TPSA) is 69.4 Å². The summed E-state index contributed by atoms with van der Waals surface area (Å²) in [7, 11) is -1.79. The van der Waals surface area contributed by atoms with Gasteiger partial charge < -0.3 is 10.5 Å². The lowest BCUT2D eigenvalue weighted by molar-refractivity contribution is 0.240. The van der Waals surface area contributed by atoms with E-state index in [-0.39, 0.29) is 11.5 Å². The van der Waals surface area contributed by atoms with Crippen molar-refractivity contribution in [3.05, 3.63) is 29.2 Å². The largest absolute Gasteiger partial charge is 0.399 e. The molecule has 0 unspecified atom stereocenters. The van der Waals surface area contributed by atoms with E-state index < -0.39 is 9.84 Å². The second-order valence-corrected chi connectivity index (χ2v) is 5.14. The maximum Gasteiger partial charge on any atom is 0.200 e. The van der Waals surface area contributed by atoms with Crippen molar-refractivity contribution < 1.29 is 13.2 Å². The molecule has 0 aromatic heterocycles. The van der Waals surface area contributed by atoms with Crippen LogP contribution in [-0.4, -0.2) is 22.1 Å². The average molecular weight is 225 g/mol. The number of benzene rings is 1. The lowest BCUT2D eigenvalue weighted by Crippen LogP contribution is -1.96. The van der Waals surface area contributed by atoms with Crippen LogP contribution in [0.4, 0.5) is 5.69 Å². The van der Waals surface area contributed by atoms with E-state index in [1.807, 2.05) is 0 Å². The summed E-state index contributed by atoms with van der Waals surface area (Å²) < 4.78 is 28.3. The number of rotatable bonds is 2. The van der Waals surface area contributed by atoms with E-state index in [1.54, 1.807) is 12.1 Å². The third kappa shape index (κ3) is 1.64. The van der Waals surface area contributed by atoms with E-state index in [2.05, 4.69) is 0 Å². The summed E-state index contributed by atoms with van der Waals surface area (Å²) in [5.41, 5.74) is 7.36. The zero-order chi connectivity index (χ0) is 11.1. The fourth-order valence-corrected chi connectivity index (χ4v) is 3.12. The Morgan fingerprint density at radius 3 is 2.80 bits per heavy atom. The molecular formula is C10H11NO3S. The maximum absolute atomic E-state index is 11.7. The van der Waals surface area contributed by atoms with Crippen molar-refractivity contribution in [2.45, 2.75) is 4.90 Å². The smallest absolute Gasteiger partial charge is 0.200 e. The van der Waals surface area contributed by atoms with Crippen LogP contribution in [0.1, 0.15) is 5.56 Å². The predicted octanol–water partition coefficient (Wildman–Crippen LogP) is 1.04. The molecule has 0 amide bonds. The van der Waals surface area contributed by atoms with Crippen molar-refractivity contribution in [1.82, 2.24) is 0 Å². The molecule has 80 valence electrons. The van der Waals surface area contributed by atoms with Crippen molar-refractivity contribution in [1.29, 1.82) is 0 Å². The van der Waals surface area contributed by atoms with Crippen LogP contribution >= 0.6 is 0 Å². The van der Waals surface area contributed by atoms with Gasteiger partial charge in [-0.2, -0.15) is 0 Å². The molecule has 1 heterocycles. The molecular weight excluding hydrogens is 214 g/mol. The maximum atomic E-state index is 11.7. The van der Waals surface area contributed by atoms with Gasteiger partial charge in [0, 0.05) is 18.2 Å². The molecule has 0 saturated heterocycles. The van der Waals surface area contributed by atoms with Gasteiger partial charge in [-0.15, -0.1) is 0 Å². The van der Waals surface area contributed by atoms with Gasteiger partial charge in [-0.25, -0.2) is 8.42 Å². The Kier molecular flexibility index (Phi) is 2.28. The molecule has 1 aromatic rings. The monoisotopic (exact) mass is 225 g/mol. The molecule has 15 heavy (non-hydrogen) atoms. The number of sulfone groups is 1. The molecule has 1 aliphatic rings. The second kappa shape index (κ2) is 3.36. The van der Waals surface area contributed by atoms with Crippen LogP contribution in [0, 0.1) is 0 Å². The molecule has 1 aromatic carbocycles. The van der Waals surface area contributed by atoms with Gasteiger partial charge >= 0.3 is 0 Å². The number of nitrogens with two attached hydrogens (primary N) is 1. The molecule has 4 nitrogen and oxygen atoms in total. The first-order valence-electron chi connectivity index (χ1n) is 4.39. The number of methoxy groups -OCH3 is 1. The van der Waals surface area contributed by atoms with E-state index >= 15 is 0 Å². The molecule has 0 aliphatic carbocycles. The highest BCUT2D eigenvalue weighted by atomic mass is 32.2. The summed E-state index contributed by atoms with van der Waals surface area (Å²) in [5.74, 6) is 0. The number of ether oxygens (including phenoxy) is 1. The van der Waals surface area contributed by atoms with E-state index in [9.17, 15) is 8.42 Å². The summed E-state index contributed by atoms with van der Waals surface area (Å²) in [5, 5.41) is 1.24. The minimum atomic E-state index is -3.32. The standard InChI is InChI=1S/C10H11NO3S/c1-14-5-7-6-15(12,13)10-4-8(11)2-3-9(7)10/h2-4,6H,5,11H2,1H3. The highest BCUT2D eigenvalue weighted by Crippen LogP contribution is 2.34. The molecule has 1 aliphatic heterocycles. The van der Waals surface area contributed by atoms with Crippen molar-refractivity contribution in [2.75, 3.05) is 19.5 Å². The Morgan fingerprint density at radius 1 is 1.40 bits per heavy atom. The van der Waals surface area contributed by atoms with Gasteiger partial charge in [0.15, 0.2) is 0 Å². The van der Waals surface area contributed by atoms with Crippen molar-refractivity contribution in [3.63, 3.8) is 0 Å². The van der Waals surface area contributed by atoms with E-state index in [0.717, 1.165) is 0 Å². The normalized spacial score (nSPS) is 17.3. The average Bonchev–Trinajstić information content (AvgIpc) is 2.39. The van der Waals surface area contributed by atoms with Crippen LogP contribution < -0.4 is 5.73 Å². The Labute approximate surface area is 88.3 Å². The van der Waals surface area contributed by atoms with Gasteiger partial charge in [-0.05, 0) is 23.3 Å². The summed E-state index contributed by atoms with van der Waals surface area (Å²) in [6.07, 6.45) is 0. The molecule has 0 fully saturated rings. The van der Waals surface area contributed by atoms with Crippen LogP contribution in [0.15, 0.2) is 28.5 Å². The fraction of sp³-hybridized carbons (Fsp3) is 0.200. The van der Waals surface area contributed by atoms with Crippen LogP contribution in [0.3, 0.4) is 0 Å². The van der Waals surface area contributed by atoms with Crippen LogP contribution in [0.2, 0.25) is 0 Å². The van der Waals surface area contributed by atoms with Gasteiger partial charge in [0.05, 0.1) is 11.5 Å². The highest BCUT2D eigenvalue weighted by molar-refractivity contribution is 7.95. The van der Waals surface area contributed by atoms with Crippen molar-refractivity contribution >= 4 is 21.1 Å². The lowest BCUT2D eigenvalue weighted by Gasteiger charge is -2.03. The van der Waals surface area contributed by atoms with E-state index in [1.165, 1.54) is 18.6 Å². The van der Waals surface area contributed by atoms with Crippen LogP contribution in [-0.2, 0) is 14.6 Å². The summed E-state index contributed by atoms with van der Waals surface area (Å²) in [6.45, 7) is 0.288. The lowest BCUT2D eigenvalue weighted by atomic mass is 10.1. The zero-order valence-electron chi connectivity index (χ0n) is 8.23. The predicted molar refractivity (Wildman–Crippen MR) is 57.9 cm³/mol. The zero-order valence-corrected chi connectivity index (χ0v) is 9.04. The molecule has 0 saturated carbocycles. The highest BCUT2D eigenvalue weighted by Gasteiger charge is 2.26. The van der Waals surface area contributed by atoms with Crippen LogP contribution in [0.25, 0.3) is 5.57 Å². The second-order valence-electron chi connectivity index (χ2n) is 3.38. The minimum absolute atomic E-state index is 0.273. The number of fused-ring (bicyclic) bond motifs is 1. The van der Waals surface area contributed by atoms with Gasteiger partial charge in [0.25, 0.3) is 0 Å². The third-order valence-corrected chi connectivity index (χ3v) is 3.80. The number of nitrogen functional groups attached to an aromatic ring is 1. The van der Waals surface area contributed by atoms with E-state index in [0.29, 0.717) is 16.8 Å². The quantitative estimate of drug-likeness (QED) is 0.763. The number of hydrogen-bond donors (Lipinski definition) is 1. The fourth-order valence-electron chi connectivity index (χ4n) is 1.62. The first kappa shape index (κ1) is 10.2. The third-order valence-electron chi connectivity index (χ3n) is 2.26. The van der Waals surface area contributed by atoms with Gasteiger partial charge in [0.1, 0.15) is 0 Å². The van der Waals surface area contributed by atoms with Gasteiger partial charge in [-0.3, -0.25) is 0 Å². The van der Waals surface area contributed by atoms with Crippen LogP contribution in [0.5, 0.6) is 0 Å². The molecule has 5 heteroatoms. The van der Waals surface area contributed by atoms with Gasteiger partial charge in [0.2, 0.25) is 9.84 Å². The summed E-state index contributed by atoms with van der Waals surface area (Å²) in [4.78, 5) is 0.273. The molecule has 0 bridgehead atoms. The molecule has 0 spiro atoms.